The zero-order valence-electron chi connectivity index (χ0n) is 10.3. The molecule has 1 heterocycles. The van der Waals surface area contributed by atoms with Crippen molar-refractivity contribution >= 4 is 17.8 Å². The molecule has 0 bridgehead atoms. The second kappa shape index (κ2) is 5.06. The lowest BCUT2D eigenvalue weighted by molar-refractivity contribution is -0.157. The monoisotopic (exact) mass is 255 g/mol. The maximum atomic E-state index is 12.0. The minimum absolute atomic E-state index is 0.109. The zero-order chi connectivity index (χ0) is 13.3. The third kappa shape index (κ3) is 2.38. The molecule has 1 unspecified atom stereocenters. The van der Waals surface area contributed by atoms with Gasteiger partial charge < -0.3 is 9.84 Å². The maximum absolute atomic E-state index is 12.0. The highest BCUT2D eigenvalue weighted by Gasteiger charge is 2.46. The van der Waals surface area contributed by atoms with Crippen molar-refractivity contribution in [3.8, 4) is 0 Å². The van der Waals surface area contributed by atoms with E-state index in [0.29, 0.717) is 12.8 Å². The van der Waals surface area contributed by atoms with E-state index in [4.69, 9.17) is 4.74 Å². The summed E-state index contributed by atoms with van der Waals surface area (Å²) >= 11 is 0. The highest BCUT2D eigenvalue weighted by atomic mass is 16.5. The number of aliphatic hydroxyl groups excluding tert-OH is 1. The summed E-state index contributed by atoms with van der Waals surface area (Å²) in [5, 5.41) is 9.88. The molecular weight excluding hydrogens is 238 g/mol. The highest BCUT2D eigenvalue weighted by Crippen LogP contribution is 2.28. The Morgan fingerprint density at radius 3 is 2.61 bits per heavy atom. The Morgan fingerprint density at radius 2 is 2.00 bits per heavy atom. The number of imide groups is 1. The molecule has 1 N–H and O–H groups in total. The molecule has 2 aliphatic rings. The highest BCUT2D eigenvalue weighted by molar-refractivity contribution is 6.06. The second-order valence-electron chi connectivity index (χ2n) is 4.82. The Hall–Kier alpha value is -1.43. The molecule has 1 saturated heterocycles. The van der Waals surface area contributed by atoms with Crippen molar-refractivity contribution in [1.82, 2.24) is 4.90 Å². The number of amides is 2. The summed E-state index contributed by atoms with van der Waals surface area (Å²) in [6.07, 6.45) is 1.22. The summed E-state index contributed by atoms with van der Waals surface area (Å²) < 4.78 is 4.82. The van der Waals surface area contributed by atoms with Crippen LogP contribution in [0.3, 0.4) is 0 Å². The van der Waals surface area contributed by atoms with E-state index in [2.05, 4.69) is 0 Å². The van der Waals surface area contributed by atoms with Crippen LogP contribution in [0.2, 0.25) is 0 Å². The molecule has 1 aliphatic carbocycles. The zero-order valence-corrected chi connectivity index (χ0v) is 10.3. The van der Waals surface area contributed by atoms with Crippen molar-refractivity contribution in [2.75, 3.05) is 0 Å². The van der Waals surface area contributed by atoms with Crippen LogP contribution in [0.25, 0.3) is 0 Å². The molecule has 18 heavy (non-hydrogen) atoms. The van der Waals surface area contributed by atoms with Crippen molar-refractivity contribution in [1.29, 1.82) is 0 Å². The lowest BCUT2D eigenvalue weighted by atomic mass is 9.91. The van der Waals surface area contributed by atoms with Gasteiger partial charge in [0.2, 0.25) is 5.91 Å². The lowest BCUT2D eigenvalue weighted by Crippen LogP contribution is -2.49. The van der Waals surface area contributed by atoms with E-state index in [1.807, 2.05) is 0 Å². The van der Waals surface area contributed by atoms with Gasteiger partial charge in [-0.2, -0.15) is 0 Å². The summed E-state index contributed by atoms with van der Waals surface area (Å²) in [6.45, 7) is 1.20. The average Bonchev–Trinajstić information content (AvgIpc) is 2.55. The Kier molecular flexibility index (Phi) is 3.65. The van der Waals surface area contributed by atoms with Gasteiger partial charge in [-0.15, -0.1) is 0 Å². The molecule has 6 heteroatoms. The van der Waals surface area contributed by atoms with Crippen LogP contribution in [0.1, 0.15) is 39.0 Å². The summed E-state index contributed by atoms with van der Waals surface area (Å²) in [5.41, 5.74) is 0. The molecule has 2 amide bonds. The molecule has 1 aliphatic heterocycles. The molecule has 2 fully saturated rings. The number of ether oxygens (including phenoxy) is 1. The van der Waals surface area contributed by atoms with Crippen molar-refractivity contribution in [2.24, 2.45) is 0 Å². The lowest BCUT2D eigenvalue weighted by Gasteiger charge is -2.33. The molecule has 1 saturated carbocycles. The van der Waals surface area contributed by atoms with E-state index in [-0.39, 0.29) is 12.3 Å². The molecule has 0 radical (unpaired) electrons. The van der Waals surface area contributed by atoms with Crippen molar-refractivity contribution < 1.29 is 24.2 Å². The van der Waals surface area contributed by atoms with Gasteiger partial charge >= 0.3 is 5.97 Å². The fourth-order valence-electron chi connectivity index (χ4n) is 2.66. The Bertz CT molecular complexity index is 381. The molecule has 0 aromatic rings. The molecule has 0 spiro atoms. The summed E-state index contributed by atoms with van der Waals surface area (Å²) in [7, 11) is 0. The number of hydrogen-bond donors (Lipinski definition) is 1. The van der Waals surface area contributed by atoms with Crippen molar-refractivity contribution in [3.05, 3.63) is 0 Å². The first-order chi connectivity index (χ1) is 8.50. The standard InChI is InChI=1S/C12H17NO5/c1-7(14)18-10-6-11(16)13(12(10)17)8-4-2-3-5-9(8)15/h8-10,15H,2-6H2,1H3/t8-,9-,10?/m1/s1. The van der Waals surface area contributed by atoms with E-state index in [1.54, 1.807) is 0 Å². The van der Waals surface area contributed by atoms with Gasteiger partial charge in [-0.25, -0.2) is 0 Å². The first-order valence-corrected chi connectivity index (χ1v) is 6.22. The number of carbonyl (C=O) groups is 3. The average molecular weight is 255 g/mol. The number of likely N-dealkylation sites (tertiary alicyclic amines) is 1. The Morgan fingerprint density at radius 1 is 1.33 bits per heavy atom. The van der Waals surface area contributed by atoms with E-state index in [0.717, 1.165) is 17.7 Å². The van der Waals surface area contributed by atoms with Crippen LogP contribution in [-0.4, -0.2) is 46.0 Å². The minimum Gasteiger partial charge on any atom is -0.452 e. The normalized spacial score (nSPS) is 32.8. The van der Waals surface area contributed by atoms with Gasteiger partial charge in [-0.3, -0.25) is 19.3 Å². The van der Waals surface area contributed by atoms with Crippen LogP contribution < -0.4 is 0 Å². The smallest absolute Gasteiger partial charge is 0.303 e. The molecule has 100 valence electrons. The molecule has 0 aromatic heterocycles. The Labute approximate surface area is 105 Å². The number of hydrogen-bond acceptors (Lipinski definition) is 5. The number of nitrogens with zero attached hydrogens (tertiary/aromatic N) is 1. The van der Waals surface area contributed by atoms with Gasteiger partial charge in [0.15, 0.2) is 6.10 Å². The fraction of sp³-hybridized carbons (Fsp3) is 0.750. The van der Waals surface area contributed by atoms with Gasteiger partial charge in [0.25, 0.3) is 5.91 Å². The topological polar surface area (TPSA) is 83.9 Å². The van der Waals surface area contributed by atoms with E-state index >= 15 is 0 Å². The van der Waals surface area contributed by atoms with Gasteiger partial charge in [-0.05, 0) is 12.8 Å². The van der Waals surface area contributed by atoms with Crippen LogP contribution in [0.4, 0.5) is 0 Å². The SMILES string of the molecule is CC(=O)OC1CC(=O)N([C@@H]2CCCC[C@H]2O)C1=O. The number of esters is 1. The summed E-state index contributed by atoms with van der Waals surface area (Å²) in [5.74, 6) is -1.44. The minimum atomic E-state index is -1.01. The third-order valence-electron chi connectivity index (χ3n) is 3.48. The summed E-state index contributed by atoms with van der Waals surface area (Å²) in [6, 6.07) is -0.459. The largest absolute Gasteiger partial charge is 0.452 e. The fourth-order valence-corrected chi connectivity index (χ4v) is 2.66. The third-order valence-corrected chi connectivity index (χ3v) is 3.48. The van der Waals surface area contributed by atoms with E-state index in [9.17, 15) is 19.5 Å². The molecular formula is C12H17NO5. The number of carbonyl (C=O) groups excluding carboxylic acids is 3. The van der Waals surface area contributed by atoms with Gasteiger partial charge in [0.05, 0.1) is 18.6 Å². The van der Waals surface area contributed by atoms with Crippen LogP contribution in [0.5, 0.6) is 0 Å². The Balaban J connectivity index is 2.10. The molecule has 3 atom stereocenters. The maximum Gasteiger partial charge on any atom is 0.303 e. The van der Waals surface area contributed by atoms with Crippen LogP contribution in [-0.2, 0) is 19.1 Å². The van der Waals surface area contributed by atoms with Gasteiger partial charge in [-0.1, -0.05) is 12.8 Å². The van der Waals surface area contributed by atoms with Crippen molar-refractivity contribution in [3.63, 3.8) is 0 Å². The number of aliphatic hydroxyl groups is 1. The van der Waals surface area contributed by atoms with Gasteiger partial charge in [0.1, 0.15) is 0 Å². The molecule has 2 rings (SSSR count). The van der Waals surface area contributed by atoms with Crippen molar-refractivity contribution in [2.45, 2.75) is 57.3 Å². The van der Waals surface area contributed by atoms with Crippen LogP contribution >= 0.6 is 0 Å². The van der Waals surface area contributed by atoms with Crippen LogP contribution in [0, 0.1) is 0 Å². The second-order valence-corrected chi connectivity index (χ2v) is 4.82. The van der Waals surface area contributed by atoms with Crippen LogP contribution in [0.15, 0.2) is 0 Å². The van der Waals surface area contributed by atoms with Gasteiger partial charge in [0, 0.05) is 6.92 Å². The number of rotatable bonds is 2. The summed E-state index contributed by atoms with van der Waals surface area (Å²) in [4.78, 5) is 35.8. The predicted octanol–water partition coefficient (Wildman–Crippen LogP) is -0.0195. The predicted molar refractivity (Wildman–Crippen MR) is 60.3 cm³/mol. The first-order valence-electron chi connectivity index (χ1n) is 6.22. The quantitative estimate of drug-likeness (QED) is 0.554. The van der Waals surface area contributed by atoms with E-state index < -0.39 is 30.1 Å². The van der Waals surface area contributed by atoms with E-state index in [1.165, 1.54) is 6.92 Å². The first kappa shape index (κ1) is 13.0. The molecule has 6 nitrogen and oxygen atoms in total. The molecule has 0 aromatic carbocycles.